The van der Waals surface area contributed by atoms with Gasteiger partial charge < -0.3 is 10.2 Å². The molecule has 1 spiro atoms. The molecule has 0 saturated carbocycles. The van der Waals surface area contributed by atoms with Gasteiger partial charge in [-0.2, -0.15) is 0 Å². The average Bonchev–Trinajstić information content (AvgIpc) is 2.75. The minimum Gasteiger partial charge on any atom is -0.356 e. The molecule has 124 valence electrons. The smallest absolute Gasteiger partial charge is 0.266 e. The lowest BCUT2D eigenvalue weighted by molar-refractivity contribution is -0.144. The van der Waals surface area contributed by atoms with Gasteiger partial charge in [0.1, 0.15) is 0 Å². The molecule has 2 saturated heterocycles. The summed E-state index contributed by atoms with van der Waals surface area (Å²) in [5.41, 5.74) is 0.478. The van der Waals surface area contributed by atoms with Crippen LogP contribution in [0.4, 0.5) is 8.78 Å². The number of alkyl halides is 2. The summed E-state index contributed by atoms with van der Waals surface area (Å²) in [5.74, 6) is -3.92. The molecule has 2 fully saturated rings. The third-order valence-electron chi connectivity index (χ3n) is 4.50. The summed E-state index contributed by atoms with van der Waals surface area (Å²) in [6.07, 6.45) is -0.163. The number of nitrogens with zero attached hydrogens (tertiary/aromatic N) is 2. The topological polar surface area (TPSA) is 62.3 Å². The molecule has 1 aromatic rings. The Bertz CT molecular complexity index is 657. The van der Waals surface area contributed by atoms with Crippen LogP contribution in [0.15, 0.2) is 12.1 Å². The van der Waals surface area contributed by atoms with Crippen molar-refractivity contribution in [3.63, 3.8) is 0 Å². The lowest BCUT2D eigenvalue weighted by atomic mass is 9.77. The number of aromatic nitrogens is 1. The summed E-state index contributed by atoms with van der Waals surface area (Å²) in [5, 5.41) is 2.62. The van der Waals surface area contributed by atoms with Gasteiger partial charge in [-0.1, -0.05) is 0 Å². The largest absolute Gasteiger partial charge is 0.356 e. The summed E-state index contributed by atoms with van der Waals surface area (Å²) in [6.45, 7) is 3.26. The maximum atomic E-state index is 14.2. The summed E-state index contributed by atoms with van der Waals surface area (Å²) in [4.78, 5) is 30.0. The molecule has 2 aliphatic heterocycles. The average molecular weight is 323 g/mol. The van der Waals surface area contributed by atoms with Crippen molar-refractivity contribution in [2.75, 3.05) is 19.6 Å². The number of aryl methyl sites for hydroxylation is 2. The molecule has 5 nitrogen and oxygen atoms in total. The zero-order chi connectivity index (χ0) is 16.8. The maximum Gasteiger partial charge on any atom is 0.266 e. The van der Waals surface area contributed by atoms with Crippen LogP contribution in [0.3, 0.4) is 0 Å². The third-order valence-corrected chi connectivity index (χ3v) is 4.50. The van der Waals surface area contributed by atoms with E-state index in [0.717, 1.165) is 4.90 Å². The highest BCUT2D eigenvalue weighted by molar-refractivity contribution is 5.95. The molecular weight excluding hydrogens is 304 g/mol. The van der Waals surface area contributed by atoms with Crippen molar-refractivity contribution in [3.05, 3.63) is 29.1 Å². The first kappa shape index (κ1) is 15.8. The first-order chi connectivity index (χ1) is 10.7. The zero-order valence-electron chi connectivity index (χ0n) is 13.2. The molecule has 23 heavy (non-hydrogen) atoms. The van der Waals surface area contributed by atoms with E-state index in [1.165, 1.54) is 0 Å². The minimum atomic E-state index is -3.06. The number of carbonyl (C=O) groups excluding carboxylic acids is 2. The molecule has 2 aliphatic rings. The van der Waals surface area contributed by atoms with Gasteiger partial charge in [-0.05, 0) is 32.4 Å². The van der Waals surface area contributed by atoms with Crippen LogP contribution in [0, 0.1) is 19.3 Å². The van der Waals surface area contributed by atoms with Gasteiger partial charge in [0.05, 0.1) is 12.0 Å². The molecule has 2 amide bonds. The summed E-state index contributed by atoms with van der Waals surface area (Å²) >= 11 is 0. The Labute approximate surface area is 133 Å². The highest BCUT2D eigenvalue weighted by atomic mass is 19.3. The number of nitrogens with one attached hydrogen (secondary N) is 1. The first-order valence-electron chi connectivity index (χ1n) is 7.62. The predicted octanol–water partition coefficient (Wildman–Crippen LogP) is 1.69. The second-order valence-electron chi connectivity index (χ2n) is 6.62. The number of carbonyl (C=O) groups is 2. The molecule has 3 rings (SSSR count). The fourth-order valence-electron chi connectivity index (χ4n) is 3.63. The summed E-state index contributed by atoms with van der Waals surface area (Å²) in [6, 6.07) is 3.17. The molecule has 0 radical (unpaired) electrons. The van der Waals surface area contributed by atoms with Gasteiger partial charge in [-0.3, -0.25) is 14.6 Å². The number of amides is 2. The van der Waals surface area contributed by atoms with Crippen LogP contribution in [-0.4, -0.2) is 47.3 Å². The van der Waals surface area contributed by atoms with Crippen LogP contribution in [0.25, 0.3) is 0 Å². The number of hydrogen-bond donors (Lipinski definition) is 1. The lowest BCUT2D eigenvalue weighted by Gasteiger charge is -2.42. The van der Waals surface area contributed by atoms with Crippen LogP contribution >= 0.6 is 0 Å². The van der Waals surface area contributed by atoms with E-state index in [1.54, 1.807) is 26.0 Å². The number of hydrogen-bond acceptors (Lipinski definition) is 3. The quantitative estimate of drug-likeness (QED) is 0.855. The molecule has 3 heterocycles. The van der Waals surface area contributed by atoms with Gasteiger partial charge in [0.25, 0.3) is 11.8 Å². The minimum absolute atomic E-state index is 0.0354. The van der Waals surface area contributed by atoms with Crippen molar-refractivity contribution in [3.8, 4) is 0 Å². The molecule has 1 N–H and O–H groups in total. The van der Waals surface area contributed by atoms with Crippen LogP contribution in [-0.2, 0) is 4.79 Å². The zero-order valence-corrected chi connectivity index (χ0v) is 13.2. The van der Waals surface area contributed by atoms with Crippen LogP contribution in [0.5, 0.6) is 0 Å². The molecule has 0 aliphatic carbocycles. The summed E-state index contributed by atoms with van der Waals surface area (Å²) < 4.78 is 28.3. The van der Waals surface area contributed by atoms with Crippen LogP contribution in [0.1, 0.15) is 34.6 Å². The predicted molar refractivity (Wildman–Crippen MR) is 79.2 cm³/mol. The number of pyridine rings is 1. The van der Waals surface area contributed by atoms with Crippen molar-refractivity contribution in [2.24, 2.45) is 5.41 Å². The van der Waals surface area contributed by atoms with Gasteiger partial charge in [0, 0.05) is 36.5 Å². The fourth-order valence-corrected chi connectivity index (χ4v) is 3.63. The van der Waals surface area contributed by atoms with Crippen LogP contribution < -0.4 is 5.32 Å². The van der Waals surface area contributed by atoms with E-state index in [2.05, 4.69) is 10.3 Å². The Morgan fingerprint density at radius 2 is 1.91 bits per heavy atom. The van der Waals surface area contributed by atoms with Crippen molar-refractivity contribution >= 4 is 11.8 Å². The Balaban J connectivity index is 1.92. The van der Waals surface area contributed by atoms with Gasteiger partial charge in [-0.25, -0.2) is 8.78 Å². The number of rotatable bonds is 1. The molecule has 0 aromatic carbocycles. The lowest BCUT2D eigenvalue weighted by Crippen LogP contribution is -2.56. The molecule has 1 atom stereocenters. The number of halogens is 2. The SMILES string of the molecule is Cc1cc(C(=O)N2CC(F)(F)C[C@@]3(CCNC3=O)C2)cc(C)n1. The monoisotopic (exact) mass is 323 g/mol. The number of piperidine rings is 1. The van der Waals surface area contributed by atoms with E-state index in [0.29, 0.717) is 29.9 Å². The van der Waals surface area contributed by atoms with Crippen LogP contribution in [0.2, 0.25) is 0 Å². The van der Waals surface area contributed by atoms with E-state index < -0.39 is 30.2 Å². The van der Waals surface area contributed by atoms with E-state index in [1.807, 2.05) is 0 Å². The second kappa shape index (κ2) is 5.25. The van der Waals surface area contributed by atoms with E-state index in [4.69, 9.17) is 0 Å². The van der Waals surface area contributed by atoms with E-state index in [-0.39, 0.29) is 12.5 Å². The van der Waals surface area contributed by atoms with Crippen molar-refractivity contribution in [1.29, 1.82) is 0 Å². The third kappa shape index (κ3) is 2.92. The Hall–Kier alpha value is -2.05. The Morgan fingerprint density at radius 3 is 2.48 bits per heavy atom. The normalized spacial score (nSPS) is 26.4. The second-order valence-corrected chi connectivity index (χ2v) is 6.62. The van der Waals surface area contributed by atoms with Gasteiger partial charge in [0.15, 0.2) is 0 Å². The highest BCUT2D eigenvalue weighted by Gasteiger charge is 2.55. The standard InChI is InChI=1S/C16H19F2N3O2/c1-10-5-12(6-11(2)20-10)13(22)21-8-15(3-4-19-14(15)23)7-16(17,18)9-21/h5-6H,3-4,7-9H2,1-2H3,(H,19,23)/t15-/m0/s1. The van der Waals surface area contributed by atoms with Crippen molar-refractivity contribution in [2.45, 2.75) is 32.6 Å². The Morgan fingerprint density at radius 1 is 1.26 bits per heavy atom. The molecule has 0 bridgehead atoms. The molecule has 0 unspecified atom stereocenters. The van der Waals surface area contributed by atoms with Gasteiger partial charge >= 0.3 is 0 Å². The molecule has 1 aromatic heterocycles. The van der Waals surface area contributed by atoms with Crippen molar-refractivity contribution < 1.29 is 18.4 Å². The number of likely N-dealkylation sites (tertiary alicyclic amines) is 1. The maximum absolute atomic E-state index is 14.2. The van der Waals surface area contributed by atoms with Gasteiger partial charge in [0.2, 0.25) is 5.91 Å². The highest BCUT2D eigenvalue weighted by Crippen LogP contribution is 2.43. The fraction of sp³-hybridized carbons (Fsp3) is 0.562. The first-order valence-corrected chi connectivity index (χ1v) is 7.62. The molecular formula is C16H19F2N3O2. The van der Waals surface area contributed by atoms with E-state index in [9.17, 15) is 18.4 Å². The Kier molecular flexibility index (Phi) is 3.61. The van der Waals surface area contributed by atoms with Crippen molar-refractivity contribution in [1.82, 2.24) is 15.2 Å². The summed E-state index contributed by atoms with van der Waals surface area (Å²) in [7, 11) is 0. The van der Waals surface area contributed by atoms with E-state index >= 15 is 0 Å². The van der Waals surface area contributed by atoms with Gasteiger partial charge in [-0.15, -0.1) is 0 Å². The molecule has 7 heteroatoms.